The second-order valence-corrected chi connectivity index (χ2v) is 3.92. The molecule has 1 rings (SSSR count). The zero-order valence-electron chi connectivity index (χ0n) is 8.42. The van der Waals surface area contributed by atoms with Gasteiger partial charge in [-0.1, -0.05) is 0 Å². The Balaban J connectivity index is 2.05. The van der Waals surface area contributed by atoms with Crippen molar-refractivity contribution in [2.45, 2.75) is 19.9 Å². The molecule has 1 aliphatic heterocycles. The molecule has 0 atom stereocenters. The fraction of sp³-hybridized carbons (Fsp3) is 0.889. The third-order valence-electron chi connectivity index (χ3n) is 2.49. The smallest absolute Gasteiger partial charge is 0.233 e. The molecule has 0 saturated carbocycles. The molecule has 1 amide bonds. The van der Waals surface area contributed by atoms with Crippen molar-refractivity contribution in [2.24, 2.45) is 11.7 Å². The summed E-state index contributed by atoms with van der Waals surface area (Å²) < 4.78 is 0. The summed E-state index contributed by atoms with van der Waals surface area (Å²) in [4.78, 5) is 13.2. The molecule has 0 aromatic rings. The first kappa shape index (κ1) is 10.5. The molecule has 0 radical (unpaired) electrons. The first-order valence-electron chi connectivity index (χ1n) is 4.84. The van der Waals surface area contributed by atoms with Crippen LogP contribution in [0.15, 0.2) is 0 Å². The summed E-state index contributed by atoms with van der Waals surface area (Å²) >= 11 is 0. The molecule has 4 nitrogen and oxygen atoms in total. The summed E-state index contributed by atoms with van der Waals surface area (Å²) in [5.74, 6) is 0.570. The maximum absolute atomic E-state index is 10.8. The molecule has 0 aliphatic carbocycles. The lowest BCUT2D eigenvalue weighted by atomic mass is 9.98. The van der Waals surface area contributed by atoms with Crippen LogP contribution in [0, 0.1) is 5.92 Å². The number of carbonyl (C=O) groups is 1. The van der Waals surface area contributed by atoms with E-state index >= 15 is 0 Å². The molecule has 0 unspecified atom stereocenters. The van der Waals surface area contributed by atoms with Crippen molar-refractivity contribution in [3.05, 3.63) is 0 Å². The van der Waals surface area contributed by atoms with Crippen molar-refractivity contribution < 1.29 is 4.79 Å². The summed E-state index contributed by atoms with van der Waals surface area (Å²) in [6, 6.07) is 0.626. The van der Waals surface area contributed by atoms with E-state index in [-0.39, 0.29) is 12.5 Å². The molecule has 4 heteroatoms. The van der Waals surface area contributed by atoms with Crippen LogP contribution in [0.2, 0.25) is 0 Å². The number of nitrogens with two attached hydrogens (primary N) is 1. The summed E-state index contributed by atoms with van der Waals surface area (Å²) in [5, 5.41) is 2.80. The van der Waals surface area contributed by atoms with E-state index in [4.69, 9.17) is 5.73 Å². The third-order valence-corrected chi connectivity index (χ3v) is 2.49. The average Bonchev–Trinajstić information content (AvgIpc) is 2.00. The van der Waals surface area contributed by atoms with Gasteiger partial charge in [0.25, 0.3) is 0 Å². The lowest BCUT2D eigenvalue weighted by Gasteiger charge is -2.42. The normalized spacial score (nSPS) is 18.8. The highest BCUT2D eigenvalue weighted by atomic mass is 16.1. The topological polar surface area (TPSA) is 58.4 Å². The minimum absolute atomic E-state index is 0.0528. The highest BCUT2D eigenvalue weighted by Gasteiger charge is 2.28. The predicted molar refractivity (Wildman–Crippen MR) is 52.3 cm³/mol. The number of hydrogen-bond donors (Lipinski definition) is 2. The lowest BCUT2D eigenvalue weighted by molar-refractivity contribution is -0.120. The maximum atomic E-state index is 10.8. The van der Waals surface area contributed by atoms with Crippen LogP contribution in [0.3, 0.4) is 0 Å². The molecule has 0 aromatic carbocycles. The molecule has 1 saturated heterocycles. The molecule has 13 heavy (non-hydrogen) atoms. The Bertz CT molecular complexity index is 176. The largest absolute Gasteiger partial charge is 0.355 e. The Morgan fingerprint density at radius 1 is 1.62 bits per heavy atom. The van der Waals surface area contributed by atoms with E-state index in [2.05, 4.69) is 24.1 Å². The molecule has 1 heterocycles. The quantitative estimate of drug-likeness (QED) is 0.615. The standard InChI is InChI=1S/C9H19N3O/c1-7(2)12-5-8(6-12)4-11-9(13)3-10/h7-8H,3-6,10H2,1-2H3,(H,11,13). The predicted octanol–water partition coefficient (Wildman–Crippen LogP) is -0.598. The molecular formula is C9H19N3O. The number of hydrogen-bond acceptors (Lipinski definition) is 3. The van der Waals surface area contributed by atoms with E-state index < -0.39 is 0 Å². The van der Waals surface area contributed by atoms with Crippen LogP contribution in [0.5, 0.6) is 0 Å². The van der Waals surface area contributed by atoms with Gasteiger partial charge in [-0.15, -0.1) is 0 Å². The lowest BCUT2D eigenvalue weighted by Crippen LogP contribution is -2.54. The zero-order chi connectivity index (χ0) is 9.84. The van der Waals surface area contributed by atoms with Crippen LogP contribution in [-0.2, 0) is 4.79 Å². The summed E-state index contributed by atoms with van der Waals surface area (Å²) in [6.45, 7) is 7.45. The highest BCUT2D eigenvalue weighted by molar-refractivity contribution is 5.77. The summed E-state index contributed by atoms with van der Waals surface area (Å²) in [5.41, 5.74) is 5.17. The summed E-state index contributed by atoms with van der Waals surface area (Å²) in [6.07, 6.45) is 0. The maximum Gasteiger partial charge on any atom is 0.233 e. The minimum atomic E-state index is -0.0528. The van der Waals surface area contributed by atoms with Gasteiger partial charge >= 0.3 is 0 Å². The van der Waals surface area contributed by atoms with Gasteiger partial charge in [-0.25, -0.2) is 0 Å². The SMILES string of the molecule is CC(C)N1CC(CNC(=O)CN)C1. The molecule has 1 fully saturated rings. The van der Waals surface area contributed by atoms with Crippen molar-refractivity contribution in [1.82, 2.24) is 10.2 Å². The van der Waals surface area contributed by atoms with Gasteiger partial charge in [0, 0.05) is 31.6 Å². The molecule has 0 spiro atoms. The van der Waals surface area contributed by atoms with Gasteiger partial charge in [-0.05, 0) is 13.8 Å². The molecule has 0 bridgehead atoms. The van der Waals surface area contributed by atoms with Gasteiger partial charge in [0.1, 0.15) is 0 Å². The number of likely N-dealkylation sites (tertiary alicyclic amines) is 1. The molecule has 3 N–H and O–H groups in total. The molecule has 1 aliphatic rings. The second kappa shape index (κ2) is 4.58. The number of rotatable bonds is 4. The van der Waals surface area contributed by atoms with Crippen LogP contribution >= 0.6 is 0 Å². The van der Waals surface area contributed by atoms with Crippen LogP contribution in [0.4, 0.5) is 0 Å². The van der Waals surface area contributed by atoms with E-state index in [0.29, 0.717) is 12.0 Å². The van der Waals surface area contributed by atoms with Crippen molar-refractivity contribution in [3.63, 3.8) is 0 Å². The van der Waals surface area contributed by atoms with Gasteiger partial charge in [-0.3, -0.25) is 4.79 Å². The zero-order valence-corrected chi connectivity index (χ0v) is 8.42. The fourth-order valence-electron chi connectivity index (χ4n) is 1.49. The van der Waals surface area contributed by atoms with Crippen molar-refractivity contribution in [1.29, 1.82) is 0 Å². The monoisotopic (exact) mass is 185 g/mol. The Morgan fingerprint density at radius 3 is 2.69 bits per heavy atom. The number of amides is 1. The fourth-order valence-corrected chi connectivity index (χ4v) is 1.49. The van der Waals surface area contributed by atoms with Crippen LogP contribution in [0.1, 0.15) is 13.8 Å². The van der Waals surface area contributed by atoms with Gasteiger partial charge in [0.15, 0.2) is 0 Å². The van der Waals surface area contributed by atoms with E-state index in [9.17, 15) is 4.79 Å². The molecule has 0 aromatic heterocycles. The van der Waals surface area contributed by atoms with E-state index in [1.165, 1.54) is 0 Å². The minimum Gasteiger partial charge on any atom is -0.355 e. The van der Waals surface area contributed by atoms with Crippen molar-refractivity contribution >= 4 is 5.91 Å². The van der Waals surface area contributed by atoms with Crippen LogP contribution in [0.25, 0.3) is 0 Å². The second-order valence-electron chi connectivity index (χ2n) is 3.92. The molecule has 76 valence electrons. The number of carbonyl (C=O) groups excluding carboxylic acids is 1. The van der Waals surface area contributed by atoms with E-state index in [1.807, 2.05) is 0 Å². The molecular weight excluding hydrogens is 166 g/mol. The Kier molecular flexibility index (Phi) is 3.69. The Morgan fingerprint density at radius 2 is 2.23 bits per heavy atom. The Labute approximate surface area is 79.5 Å². The van der Waals surface area contributed by atoms with E-state index in [1.54, 1.807) is 0 Å². The van der Waals surface area contributed by atoms with Gasteiger partial charge in [0.05, 0.1) is 6.54 Å². The third kappa shape index (κ3) is 2.97. The van der Waals surface area contributed by atoms with Crippen molar-refractivity contribution in [2.75, 3.05) is 26.2 Å². The van der Waals surface area contributed by atoms with Crippen molar-refractivity contribution in [3.8, 4) is 0 Å². The average molecular weight is 185 g/mol. The number of nitrogens with zero attached hydrogens (tertiary/aromatic N) is 1. The highest BCUT2D eigenvalue weighted by Crippen LogP contribution is 2.16. The Hall–Kier alpha value is -0.610. The van der Waals surface area contributed by atoms with Gasteiger partial charge in [0.2, 0.25) is 5.91 Å². The first-order valence-corrected chi connectivity index (χ1v) is 4.84. The first-order chi connectivity index (χ1) is 6.13. The van der Waals surface area contributed by atoms with Gasteiger partial charge in [-0.2, -0.15) is 0 Å². The van der Waals surface area contributed by atoms with Crippen LogP contribution < -0.4 is 11.1 Å². The van der Waals surface area contributed by atoms with Gasteiger partial charge < -0.3 is 16.0 Å². The summed E-state index contributed by atoms with van der Waals surface area (Å²) in [7, 11) is 0. The van der Waals surface area contributed by atoms with Crippen LogP contribution in [-0.4, -0.2) is 43.0 Å². The van der Waals surface area contributed by atoms with E-state index in [0.717, 1.165) is 19.6 Å². The number of nitrogens with one attached hydrogen (secondary N) is 1.